The van der Waals surface area contributed by atoms with Crippen LogP contribution in [0.4, 0.5) is 18.9 Å². The zero-order valence-electron chi connectivity index (χ0n) is 10.8. The minimum Gasteiger partial charge on any atom is -0.385 e. The van der Waals surface area contributed by atoms with Crippen molar-refractivity contribution in [3.63, 3.8) is 0 Å². The Morgan fingerprint density at radius 1 is 1.50 bits per heavy atom. The summed E-state index contributed by atoms with van der Waals surface area (Å²) in [4.78, 5) is 0. The first-order valence-electron chi connectivity index (χ1n) is 6.17. The van der Waals surface area contributed by atoms with Gasteiger partial charge in [-0.05, 0) is 25.1 Å². The van der Waals surface area contributed by atoms with Crippen LogP contribution in [0.25, 0.3) is 0 Å². The molecular formula is C13H15BrF3NO2. The highest BCUT2D eigenvalue weighted by atomic mass is 79.9. The Hall–Kier alpha value is -0.790. The third kappa shape index (κ3) is 3.27. The number of halogens is 4. The molecule has 0 aromatic heterocycles. The fraction of sp³-hybridized carbons (Fsp3) is 0.538. The summed E-state index contributed by atoms with van der Waals surface area (Å²) in [5.74, 6) is 0. The fourth-order valence-corrected chi connectivity index (χ4v) is 2.52. The van der Waals surface area contributed by atoms with Gasteiger partial charge in [-0.25, -0.2) is 0 Å². The Morgan fingerprint density at radius 2 is 2.20 bits per heavy atom. The van der Waals surface area contributed by atoms with Crippen LogP contribution in [-0.4, -0.2) is 30.0 Å². The number of rotatable bonds is 3. The van der Waals surface area contributed by atoms with Gasteiger partial charge in [-0.2, -0.15) is 13.2 Å². The molecule has 1 aliphatic rings. The Bertz CT molecular complexity index is 495. The van der Waals surface area contributed by atoms with Crippen LogP contribution in [0.3, 0.4) is 0 Å². The number of hydrogen-bond acceptors (Lipinski definition) is 3. The van der Waals surface area contributed by atoms with Crippen LogP contribution in [0.2, 0.25) is 0 Å². The number of hydrogen-bond donors (Lipinski definition) is 2. The van der Waals surface area contributed by atoms with Crippen molar-refractivity contribution < 1.29 is 23.0 Å². The molecule has 112 valence electrons. The van der Waals surface area contributed by atoms with Gasteiger partial charge in [0.15, 0.2) is 0 Å². The van der Waals surface area contributed by atoms with Gasteiger partial charge in [-0.1, -0.05) is 15.9 Å². The molecule has 0 bridgehead atoms. The zero-order valence-corrected chi connectivity index (χ0v) is 12.4. The van der Waals surface area contributed by atoms with E-state index < -0.39 is 23.4 Å². The van der Waals surface area contributed by atoms with Crippen LogP contribution in [0.15, 0.2) is 22.7 Å². The van der Waals surface area contributed by atoms with Crippen molar-refractivity contribution in [1.29, 1.82) is 0 Å². The van der Waals surface area contributed by atoms with Crippen LogP contribution >= 0.6 is 15.9 Å². The monoisotopic (exact) mass is 353 g/mol. The first kappa shape index (κ1) is 15.6. The molecule has 2 rings (SSSR count). The number of anilines is 1. The molecule has 1 aromatic rings. The number of ether oxygens (including phenoxy) is 1. The molecule has 1 heterocycles. The Labute approximate surface area is 123 Å². The minimum atomic E-state index is -4.45. The molecule has 1 saturated heterocycles. The maximum Gasteiger partial charge on any atom is 0.418 e. The van der Waals surface area contributed by atoms with E-state index in [-0.39, 0.29) is 12.2 Å². The summed E-state index contributed by atoms with van der Waals surface area (Å²) in [6.45, 7) is 2.13. The Morgan fingerprint density at radius 3 is 2.75 bits per heavy atom. The lowest BCUT2D eigenvalue weighted by Crippen LogP contribution is -2.43. The Kier molecular flexibility index (Phi) is 4.32. The average Bonchev–Trinajstić information content (AvgIpc) is 2.67. The predicted molar refractivity (Wildman–Crippen MR) is 72.6 cm³/mol. The molecular weight excluding hydrogens is 339 g/mol. The average molecular weight is 354 g/mol. The summed E-state index contributed by atoms with van der Waals surface area (Å²) in [7, 11) is 0. The zero-order chi connectivity index (χ0) is 15.0. The van der Waals surface area contributed by atoms with Crippen molar-refractivity contribution in [2.24, 2.45) is 0 Å². The fourth-order valence-electron chi connectivity index (χ4n) is 2.16. The molecule has 2 unspecified atom stereocenters. The van der Waals surface area contributed by atoms with Crippen molar-refractivity contribution in [2.45, 2.75) is 31.2 Å². The molecule has 1 fully saturated rings. The quantitative estimate of drug-likeness (QED) is 0.874. The van der Waals surface area contributed by atoms with Gasteiger partial charge in [-0.3, -0.25) is 0 Å². The van der Waals surface area contributed by atoms with Crippen molar-refractivity contribution in [3.05, 3.63) is 28.2 Å². The topological polar surface area (TPSA) is 41.5 Å². The number of aliphatic hydroxyl groups is 1. The standard InChI is InChI=1S/C13H15BrF3NO2/c1-8-12(19,4-5-20-8)7-18-11-3-2-9(14)6-10(11)13(15,16)17/h2-3,6,8,18-19H,4-5,7H2,1H3. The lowest BCUT2D eigenvalue weighted by atomic mass is 9.96. The second-order valence-electron chi connectivity index (χ2n) is 4.91. The van der Waals surface area contributed by atoms with E-state index in [1.54, 1.807) is 6.92 Å². The molecule has 20 heavy (non-hydrogen) atoms. The van der Waals surface area contributed by atoms with Gasteiger partial charge in [-0.15, -0.1) is 0 Å². The normalized spacial score (nSPS) is 26.8. The van der Waals surface area contributed by atoms with E-state index in [1.165, 1.54) is 12.1 Å². The third-order valence-corrected chi connectivity index (χ3v) is 4.02. The highest BCUT2D eigenvalue weighted by molar-refractivity contribution is 9.10. The lowest BCUT2D eigenvalue weighted by Gasteiger charge is -2.27. The summed E-state index contributed by atoms with van der Waals surface area (Å²) in [6.07, 6.45) is -4.45. The van der Waals surface area contributed by atoms with Crippen molar-refractivity contribution >= 4 is 21.6 Å². The molecule has 2 N–H and O–H groups in total. The minimum absolute atomic E-state index is 0.0128. The van der Waals surface area contributed by atoms with Crippen LogP contribution in [-0.2, 0) is 10.9 Å². The second-order valence-corrected chi connectivity index (χ2v) is 5.82. The molecule has 1 aliphatic heterocycles. The van der Waals surface area contributed by atoms with E-state index >= 15 is 0 Å². The highest BCUT2D eigenvalue weighted by Gasteiger charge is 2.40. The van der Waals surface area contributed by atoms with Gasteiger partial charge in [0, 0.05) is 29.7 Å². The van der Waals surface area contributed by atoms with Crippen LogP contribution < -0.4 is 5.32 Å². The van der Waals surface area contributed by atoms with Gasteiger partial charge < -0.3 is 15.2 Å². The molecule has 7 heteroatoms. The molecule has 1 aromatic carbocycles. The van der Waals surface area contributed by atoms with Crippen LogP contribution in [0.5, 0.6) is 0 Å². The molecule has 0 amide bonds. The maximum atomic E-state index is 13.0. The van der Waals surface area contributed by atoms with Crippen molar-refractivity contribution in [2.75, 3.05) is 18.5 Å². The molecule has 0 spiro atoms. The van der Waals surface area contributed by atoms with E-state index in [4.69, 9.17) is 4.74 Å². The number of alkyl halides is 3. The largest absolute Gasteiger partial charge is 0.418 e. The first-order valence-corrected chi connectivity index (χ1v) is 6.96. The summed E-state index contributed by atoms with van der Waals surface area (Å²) >= 11 is 3.03. The van der Waals surface area contributed by atoms with Gasteiger partial charge in [0.2, 0.25) is 0 Å². The summed E-state index contributed by atoms with van der Waals surface area (Å²) in [6, 6.07) is 3.88. The van der Waals surface area contributed by atoms with E-state index in [0.717, 1.165) is 6.07 Å². The Balaban J connectivity index is 2.18. The van der Waals surface area contributed by atoms with Crippen molar-refractivity contribution in [1.82, 2.24) is 0 Å². The van der Waals surface area contributed by atoms with Crippen LogP contribution in [0, 0.1) is 0 Å². The molecule has 0 aliphatic carbocycles. The van der Waals surface area contributed by atoms with E-state index in [9.17, 15) is 18.3 Å². The highest BCUT2D eigenvalue weighted by Crippen LogP contribution is 2.37. The molecule has 2 atom stereocenters. The molecule has 0 saturated carbocycles. The van der Waals surface area contributed by atoms with Crippen molar-refractivity contribution in [3.8, 4) is 0 Å². The predicted octanol–water partition coefficient (Wildman–Crippen LogP) is 3.42. The van der Waals surface area contributed by atoms with Crippen LogP contribution in [0.1, 0.15) is 18.9 Å². The molecule has 3 nitrogen and oxygen atoms in total. The molecule has 0 radical (unpaired) electrons. The second kappa shape index (κ2) is 5.54. The SMILES string of the molecule is CC1OCCC1(O)CNc1ccc(Br)cc1C(F)(F)F. The summed E-state index contributed by atoms with van der Waals surface area (Å²) in [5, 5.41) is 13.0. The summed E-state index contributed by atoms with van der Waals surface area (Å²) < 4.78 is 44.5. The lowest BCUT2D eigenvalue weighted by molar-refractivity contribution is -0.137. The number of benzene rings is 1. The van der Waals surface area contributed by atoms with Gasteiger partial charge in [0.05, 0.1) is 11.7 Å². The maximum absolute atomic E-state index is 13.0. The van der Waals surface area contributed by atoms with Gasteiger partial charge in [0.1, 0.15) is 5.60 Å². The number of nitrogens with one attached hydrogen (secondary N) is 1. The van der Waals surface area contributed by atoms with E-state index in [0.29, 0.717) is 17.5 Å². The third-order valence-electron chi connectivity index (χ3n) is 3.53. The van der Waals surface area contributed by atoms with Gasteiger partial charge in [0.25, 0.3) is 0 Å². The van der Waals surface area contributed by atoms with Gasteiger partial charge >= 0.3 is 6.18 Å². The van der Waals surface area contributed by atoms with E-state index in [1.807, 2.05) is 0 Å². The first-order chi connectivity index (χ1) is 9.22. The van der Waals surface area contributed by atoms with E-state index in [2.05, 4.69) is 21.2 Å². The smallest absolute Gasteiger partial charge is 0.385 e. The summed E-state index contributed by atoms with van der Waals surface area (Å²) in [5.41, 5.74) is -1.95.